The van der Waals surface area contributed by atoms with Gasteiger partial charge in [0.2, 0.25) is 0 Å². The van der Waals surface area contributed by atoms with Gasteiger partial charge in [-0.25, -0.2) is 9.69 Å². The van der Waals surface area contributed by atoms with E-state index < -0.39 is 30.0 Å². The number of carbonyl (C=O) groups excluding carboxylic acids is 3. The number of nitrogens with zero attached hydrogens (tertiary/aromatic N) is 3. The molecule has 2 saturated heterocycles. The zero-order valence-electron chi connectivity index (χ0n) is 24.7. The number of benzene rings is 3. The van der Waals surface area contributed by atoms with E-state index in [-0.39, 0.29) is 23.1 Å². The summed E-state index contributed by atoms with van der Waals surface area (Å²) in [6.45, 7) is 4.87. The van der Waals surface area contributed by atoms with Gasteiger partial charge in [0.15, 0.2) is 0 Å². The molecule has 3 aromatic carbocycles. The molecule has 0 bridgehead atoms. The number of hydrogen-bond donors (Lipinski definition) is 2. The maximum atomic E-state index is 14.4. The highest BCUT2D eigenvalue weighted by Crippen LogP contribution is 2.45. The van der Waals surface area contributed by atoms with Crippen LogP contribution in [0.4, 0.5) is 10.5 Å². The Labute approximate surface area is 255 Å². The highest BCUT2D eigenvalue weighted by molar-refractivity contribution is 6.24. The van der Waals surface area contributed by atoms with Crippen molar-refractivity contribution >= 4 is 40.4 Å². The molecule has 0 radical (unpaired) electrons. The number of fused-ring (bicyclic) bond motifs is 4. The highest BCUT2D eigenvalue weighted by atomic mass is 16.4. The van der Waals surface area contributed by atoms with E-state index in [1.54, 1.807) is 34.1 Å². The van der Waals surface area contributed by atoms with E-state index in [9.17, 15) is 24.3 Å². The molecule has 224 valence electrons. The lowest BCUT2D eigenvalue weighted by Crippen LogP contribution is -2.44. The van der Waals surface area contributed by atoms with Crippen LogP contribution >= 0.6 is 0 Å². The predicted octanol–water partition coefficient (Wildman–Crippen LogP) is 5.71. The molecule has 0 spiro atoms. The third-order valence-corrected chi connectivity index (χ3v) is 9.47. The van der Waals surface area contributed by atoms with Gasteiger partial charge in [-0.1, -0.05) is 68.4 Å². The molecule has 3 aliphatic heterocycles. The number of carbonyl (C=O) groups is 4. The normalized spacial score (nSPS) is 20.4. The Morgan fingerprint density at radius 3 is 2.30 bits per heavy atom. The number of rotatable bonds is 5. The van der Waals surface area contributed by atoms with Gasteiger partial charge in [0.05, 0.1) is 17.2 Å². The van der Waals surface area contributed by atoms with Crippen molar-refractivity contribution in [1.29, 1.82) is 0 Å². The summed E-state index contributed by atoms with van der Waals surface area (Å²) in [5, 5.41) is 10.4. The van der Waals surface area contributed by atoms with Crippen LogP contribution in [0.15, 0.2) is 72.8 Å². The zero-order chi connectivity index (χ0) is 30.7. The van der Waals surface area contributed by atoms with E-state index in [0.717, 1.165) is 27.7 Å². The van der Waals surface area contributed by atoms with Crippen LogP contribution < -0.4 is 4.90 Å². The van der Waals surface area contributed by atoms with Crippen LogP contribution in [0.2, 0.25) is 0 Å². The second-order valence-electron chi connectivity index (χ2n) is 12.3. The number of piperidine rings is 1. The molecule has 44 heavy (non-hydrogen) atoms. The Balaban J connectivity index is 1.28. The van der Waals surface area contributed by atoms with E-state index in [1.807, 2.05) is 36.4 Å². The lowest BCUT2D eigenvalue weighted by Gasteiger charge is -2.36. The summed E-state index contributed by atoms with van der Waals surface area (Å²) in [5.74, 6) is -1.66. The number of likely N-dealkylation sites (tertiary alicyclic amines) is 1. The average Bonchev–Trinajstić information content (AvgIpc) is 3.53. The van der Waals surface area contributed by atoms with E-state index in [0.29, 0.717) is 38.3 Å². The maximum absolute atomic E-state index is 14.4. The van der Waals surface area contributed by atoms with Crippen LogP contribution in [0.1, 0.15) is 71.4 Å². The molecule has 1 aromatic heterocycles. The molecule has 4 amide bonds. The lowest BCUT2D eigenvalue weighted by atomic mass is 9.88. The Morgan fingerprint density at radius 1 is 0.909 bits per heavy atom. The Hall–Kier alpha value is -4.92. The largest absolute Gasteiger partial charge is 0.481 e. The number of nitrogens with one attached hydrogen (secondary N) is 1. The van der Waals surface area contributed by atoms with E-state index in [4.69, 9.17) is 0 Å². The molecule has 9 heteroatoms. The molecule has 2 atom stereocenters. The zero-order valence-corrected chi connectivity index (χ0v) is 24.7. The number of carboxylic acids is 1. The second-order valence-corrected chi connectivity index (χ2v) is 12.3. The lowest BCUT2D eigenvalue weighted by molar-refractivity contribution is -0.143. The Kier molecular flexibility index (Phi) is 6.76. The quantitative estimate of drug-likeness (QED) is 0.289. The molecular formula is C35H34N4O5. The first kappa shape index (κ1) is 27.9. The first-order valence-electron chi connectivity index (χ1n) is 15.2. The van der Waals surface area contributed by atoms with E-state index in [2.05, 4.69) is 31.0 Å². The fraction of sp³-hybridized carbons (Fsp3) is 0.314. The number of carboxylic acid groups (broad SMARTS) is 1. The second kappa shape index (κ2) is 10.7. The summed E-state index contributed by atoms with van der Waals surface area (Å²) < 4.78 is 0. The number of amides is 4. The average molecular weight is 591 g/mol. The number of aromatic amines is 1. The van der Waals surface area contributed by atoms with Crippen LogP contribution in [0.25, 0.3) is 10.9 Å². The molecule has 4 aromatic rings. The third-order valence-electron chi connectivity index (χ3n) is 9.47. The van der Waals surface area contributed by atoms with Crippen LogP contribution in [-0.4, -0.2) is 62.8 Å². The molecule has 7 rings (SSSR count). The molecule has 4 heterocycles. The molecular weight excluding hydrogens is 556 g/mol. The van der Waals surface area contributed by atoms with Gasteiger partial charge in [0, 0.05) is 36.1 Å². The highest BCUT2D eigenvalue weighted by Gasteiger charge is 2.53. The minimum Gasteiger partial charge on any atom is -0.481 e. The fourth-order valence-electron chi connectivity index (χ4n) is 7.06. The van der Waals surface area contributed by atoms with Crippen molar-refractivity contribution in [2.24, 2.45) is 5.92 Å². The summed E-state index contributed by atoms with van der Waals surface area (Å²) in [4.78, 5) is 61.9. The summed E-state index contributed by atoms with van der Waals surface area (Å²) in [5.41, 5.74) is 5.47. The van der Waals surface area contributed by atoms with Crippen molar-refractivity contribution in [3.63, 3.8) is 0 Å². The van der Waals surface area contributed by atoms with E-state index in [1.165, 1.54) is 10.5 Å². The van der Waals surface area contributed by atoms with Crippen molar-refractivity contribution in [3.8, 4) is 0 Å². The number of H-pyrrole nitrogens is 1. The van der Waals surface area contributed by atoms with Gasteiger partial charge in [-0.05, 0) is 53.6 Å². The predicted molar refractivity (Wildman–Crippen MR) is 166 cm³/mol. The number of aliphatic carboxylic acids is 1. The summed E-state index contributed by atoms with van der Waals surface area (Å²) in [6, 6.07) is 21.2. The number of anilines is 1. The molecule has 2 N–H and O–H groups in total. The maximum Gasteiger partial charge on any atom is 0.332 e. The van der Waals surface area contributed by atoms with Crippen molar-refractivity contribution in [2.75, 3.05) is 18.0 Å². The number of urea groups is 1. The minimum absolute atomic E-state index is 0.254. The molecule has 0 saturated carbocycles. The molecule has 2 fully saturated rings. The van der Waals surface area contributed by atoms with Crippen LogP contribution in [-0.2, 0) is 16.0 Å². The molecule has 9 nitrogen and oxygen atoms in total. The standard InChI is InChI=1S/C35H34N4O5/c1-20(2)21-11-13-22(14-12-21)31-30-26(24-7-3-5-9-27(24)36-30)19-29-33(41)39(35(44)38(29)31)28-10-6-4-8-25(28)32(40)37-17-15-23(16-18-37)34(42)43/h3-14,20,23,29,31,36H,15-19H2,1-2H3,(H,42,43)/t29-,31+/m0/s1. The summed E-state index contributed by atoms with van der Waals surface area (Å²) >= 11 is 0. The Morgan fingerprint density at radius 2 is 1.59 bits per heavy atom. The number of hydrogen-bond acceptors (Lipinski definition) is 4. The van der Waals surface area contributed by atoms with Crippen LogP contribution in [0.3, 0.4) is 0 Å². The van der Waals surface area contributed by atoms with Gasteiger partial charge in [0.1, 0.15) is 12.1 Å². The van der Waals surface area contributed by atoms with Crippen molar-refractivity contribution < 1.29 is 24.3 Å². The Bertz CT molecular complexity index is 1800. The fourth-order valence-corrected chi connectivity index (χ4v) is 7.06. The topological polar surface area (TPSA) is 114 Å². The monoisotopic (exact) mass is 590 g/mol. The minimum atomic E-state index is -0.853. The first-order valence-corrected chi connectivity index (χ1v) is 15.2. The van der Waals surface area contributed by atoms with Crippen molar-refractivity contribution in [2.45, 2.75) is 51.1 Å². The smallest absolute Gasteiger partial charge is 0.332 e. The van der Waals surface area contributed by atoms with Gasteiger partial charge >= 0.3 is 12.0 Å². The van der Waals surface area contributed by atoms with Crippen molar-refractivity contribution in [1.82, 2.24) is 14.8 Å². The van der Waals surface area contributed by atoms with Crippen LogP contribution in [0, 0.1) is 5.92 Å². The number of para-hydroxylation sites is 2. The summed E-state index contributed by atoms with van der Waals surface area (Å²) in [7, 11) is 0. The number of imide groups is 1. The SMILES string of the molecule is CC(C)c1ccc([C@@H]2c3[nH]c4ccccc4c3C[C@H]3C(=O)N(c4ccccc4C(=O)N4CCC(C(=O)O)CC4)C(=O)N23)cc1. The van der Waals surface area contributed by atoms with Gasteiger partial charge < -0.3 is 15.0 Å². The van der Waals surface area contributed by atoms with Gasteiger partial charge in [-0.15, -0.1) is 0 Å². The molecule has 0 aliphatic carbocycles. The van der Waals surface area contributed by atoms with E-state index >= 15 is 0 Å². The first-order chi connectivity index (χ1) is 21.2. The molecule has 0 unspecified atom stereocenters. The number of aromatic nitrogens is 1. The van der Waals surface area contributed by atoms with Crippen LogP contribution in [0.5, 0.6) is 0 Å². The molecule has 3 aliphatic rings. The van der Waals surface area contributed by atoms with Gasteiger partial charge in [-0.3, -0.25) is 19.3 Å². The van der Waals surface area contributed by atoms with Crippen molar-refractivity contribution in [3.05, 3.63) is 101 Å². The summed E-state index contributed by atoms with van der Waals surface area (Å²) in [6.07, 6.45) is 1.09. The third kappa shape index (κ3) is 4.37. The van der Waals surface area contributed by atoms with Gasteiger partial charge in [0.25, 0.3) is 11.8 Å². The van der Waals surface area contributed by atoms with Gasteiger partial charge in [-0.2, -0.15) is 0 Å².